The van der Waals surface area contributed by atoms with Crippen LogP contribution in [0.3, 0.4) is 0 Å². The number of rotatable bonds is 5. The van der Waals surface area contributed by atoms with Gasteiger partial charge in [-0.25, -0.2) is 9.97 Å². The highest BCUT2D eigenvalue weighted by Gasteiger charge is 2.08. The summed E-state index contributed by atoms with van der Waals surface area (Å²) in [7, 11) is 0. The normalized spacial score (nSPS) is 11.1. The Balaban J connectivity index is 2.00. The molecule has 0 amide bonds. The van der Waals surface area contributed by atoms with Crippen molar-refractivity contribution in [3.8, 4) is 11.6 Å². The summed E-state index contributed by atoms with van der Waals surface area (Å²) in [6.07, 6.45) is 5.35. The maximum atomic E-state index is 5.36. The van der Waals surface area contributed by atoms with Crippen molar-refractivity contribution >= 4 is 0 Å². The smallest absolute Gasteiger partial charge is 0.195 e. The third-order valence-electron chi connectivity index (χ3n) is 2.65. The lowest BCUT2D eigenvalue weighted by molar-refractivity contribution is 0.550. The van der Waals surface area contributed by atoms with Gasteiger partial charge in [-0.2, -0.15) is 0 Å². The second-order valence-corrected chi connectivity index (χ2v) is 4.87. The average molecular weight is 245 g/mol. The van der Waals surface area contributed by atoms with Crippen molar-refractivity contribution in [2.45, 2.75) is 27.3 Å². The number of aromatic nitrogens is 2. The van der Waals surface area contributed by atoms with Gasteiger partial charge < -0.3 is 9.73 Å². The third kappa shape index (κ3) is 3.17. The Morgan fingerprint density at radius 2 is 2.00 bits per heavy atom. The molecule has 0 aliphatic rings. The number of furan rings is 1. The molecule has 4 heteroatoms. The first-order chi connectivity index (χ1) is 8.66. The van der Waals surface area contributed by atoms with Crippen molar-refractivity contribution < 1.29 is 4.42 Å². The Hall–Kier alpha value is -1.68. The van der Waals surface area contributed by atoms with Gasteiger partial charge in [0.25, 0.3) is 0 Å². The van der Waals surface area contributed by atoms with Gasteiger partial charge in [0.2, 0.25) is 0 Å². The molecular formula is C14H19N3O. The summed E-state index contributed by atoms with van der Waals surface area (Å²) < 4.78 is 5.36. The molecule has 0 aromatic carbocycles. The number of aryl methyl sites for hydroxylation is 1. The lowest BCUT2D eigenvalue weighted by Crippen LogP contribution is -2.19. The minimum atomic E-state index is 0.644. The number of hydrogen-bond acceptors (Lipinski definition) is 4. The van der Waals surface area contributed by atoms with Gasteiger partial charge in [-0.3, -0.25) is 0 Å². The Bertz CT molecular complexity index is 488. The number of nitrogens with zero attached hydrogens (tertiary/aromatic N) is 2. The highest BCUT2D eigenvalue weighted by atomic mass is 16.3. The van der Waals surface area contributed by atoms with Crippen molar-refractivity contribution in [2.24, 2.45) is 5.92 Å². The first kappa shape index (κ1) is 12.8. The Morgan fingerprint density at radius 1 is 1.28 bits per heavy atom. The van der Waals surface area contributed by atoms with Crippen LogP contribution < -0.4 is 5.32 Å². The topological polar surface area (TPSA) is 51.0 Å². The molecule has 0 atom stereocenters. The van der Waals surface area contributed by atoms with Crippen LogP contribution in [-0.4, -0.2) is 16.5 Å². The maximum absolute atomic E-state index is 5.36. The molecule has 0 radical (unpaired) electrons. The van der Waals surface area contributed by atoms with Crippen LogP contribution in [0.25, 0.3) is 11.6 Å². The molecule has 0 aliphatic carbocycles. The van der Waals surface area contributed by atoms with E-state index in [1.807, 2.05) is 25.4 Å². The van der Waals surface area contributed by atoms with E-state index in [9.17, 15) is 0 Å². The van der Waals surface area contributed by atoms with E-state index in [1.165, 1.54) is 0 Å². The molecule has 2 aromatic rings. The summed E-state index contributed by atoms with van der Waals surface area (Å²) in [5.74, 6) is 2.04. The van der Waals surface area contributed by atoms with Crippen LogP contribution in [0.4, 0.5) is 0 Å². The zero-order valence-corrected chi connectivity index (χ0v) is 11.1. The monoisotopic (exact) mass is 245 g/mol. The fraction of sp³-hybridized carbons (Fsp3) is 0.429. The second-order valence-electron chi connectivity index (χ2n) is 4.87. The van der Waals surface area contributed by atoms with Crippen LogP contribution in [0.15, 0.2) is 29.1 Å². The average Bonchev–Trinajstić information content (AvgIpc) is 2.76. The third-order valence-corrected chi connectivity index (χ3v) is 2.65. The molecular weight excluding hydrogens is 226 g/mol. The predicted octanol–water partition coefficient (Wildman–Crippen LogP) is 2.79. The zero-order valence-electron chi connectivity index (χ0n) is 11.1. The molecule has 2 rings (SSSR count). The molecule has 0 saturated carbocycles. The van der Waals surface area contributed by atoms with Crippen LogP contribution in [-0.2, 0) is 6.54 Å². The molecule has 0 fully saturated rings. The molecule has 0 aliphatic heterocycles. The Morgan fingerprint density at radius 3 is 2.56 bits per heavy atom. The fourth-order valence-corrected chi connectivity index (χ4v) is 1.67. The maximum Gasteiger partial charge on any atom is 0.195 e. The van der Waals surface area contributed by atoms with Gasteiger partial charge in [0.1, 0.15) is 0 Å². The molecule has 18 heavy (non-hydrogen) atoms. The number of nitrogens with one attached hydrogen (secondary N) is 1. The lowest BCUT2D eigenvalue weighted by Gasteiger charge is -2.07. The van der Waals surface area contributed by atoms with Gasteiger partial charge in [-0.1, -0.05) is 13.8 Å². The molecule has 96 valence electrons. The minimum Gasteiger partial charge on any atom is -0.461 e. The molecule has 2 heterocycles. The van der Waals surface area contributed by atoms with Crippen molar-refractivity contribution in [3.63, 3.8) is 0 Å². The van der Waals surface area contributed by atoms with Crippen LogP contribution in [0.1, 0.15) is 25.0 Å². The quantitative estimate of drug-likeness (QED) is 0.880. The second kappa shape index (κ2) is 5.78. The van der Waals surface area contributed by atoms with E-state index in [0.29, 0.717) is 11.7 Å². The van der Waals surface area contributed by atoms with E-state index in [1.54, 1.807) is 6.26 Å². The molecule has 2 aromatic heterocycles. The predicted molar refractivity (Wildman–Crippen MR) is 71.0 cm³/mol. The summed E-state index contributed by atoms with van der Waals surface area (Å²) in [6, 6.07) is 1.91. The molecule has 1 N–H and O–H groups in total. The van der Waals surface area contributed by atoms with Crippen LogP contribution >= 0.6 is 0 Å². The van der Waals surface area contributed by atoms with Crippen molar-refractivity contribution in [3.05, 3.63) is 35.9 Å². The molecule has 0 unspecified atom stereocenters. The van der Waals surface area contributed by atoms with Gasteiger partial charge in [0.15, 0.2) is 11.6 Å². The van der Waals surface area contributed by atoms with Gasteiger partial charge in [-0.05, 0) is 31.0 Å². The van der Waals surface area contributed by atoms with E-state index >= 15 is 0 Å². The highest BCUT2D eigenvalue weighted by molar-refractivity contribution is 5.51. The van der Waals surface area contributed by atoms with Gasteiger partial charge in [0.05, 0.1) is 6.26 Å². The van der Waals surface area contributed by atoms with Crippen LogP contribution in [0.2, 0.25) is 0 Å². The molecule has 0 spiro atoms. The molecule has 4 nitrogen and oxygen atoms in total. The largest absolute Gasteiger partial charge is 0.461 e. The Kier molecular flexibility index (Phi) is 4.10. The minimum absolute atomic E-state index is 0.644. The SMILES string of the molecule is Cc1ccoc1-c1ncc(CNCC(C)C)cn1. The molecule has 0 saturated heterocycles. The van der Waals surface area contributed by atoms with E-state index in [4.69, 9.17) is 4.42 Å². The van der Waals surface area contributed by atoms with Gasteiger partial charge in [0, 0.05) is 24.5 Å². The summed E-state index contributed by atoms with van der Waals surface area (Å²) in [6.45, 7) is 8.16. The first-order valence-corrected chi connectivity index (χ1v) is 6.23. The van der Waals surface area contributed by atoms with E-state index in [0.717, 1.165) is 30.0 Å². The Labute approximate surface area is 107 Å². The molecule has 0 bridgehead atoms. The van der Waals surface area contributed by atoms with Crippen molar-refractivity contribution in [1.82, 2.24) is 15.3 Å². The van der Waals surface area contributed by atoms with E-state index in [2.05, 4.69) is 29.1 Å². The first-order valence-electron chi connectivity index (χ1n) is 6.23. The summed E-state index contributed by atoms with van der Waals surface area (Å²) >= 11 is 0. The van der Waals surface area contributed by atoms with E-state index < -0.39 is 0 Å². The van der Waals surface area contributed by atoms with Crippen LogP contribution in [0, 0.1) is 12.8 Å². The van der Waals surface area contributed by atoms with Crippen LogP contribution in [0.5, 0.6) is 0 Å². The highest BCUT2D eigenvalue weighted by Crippen LogP contribution is 2.19. The summed E-state index contributed by atoms with van der Waals surface area (Å²) in [4.78, 5) is 8.67. The summed E-state index contributed by atoms with van der Waals surface area (Å²) in [5.41, 5.74) is 2.14. The fourth-order valence-electron chi connectivity index (χ4n) is 1.67. The summed E-state index contributed by atoms with van der Waals surface area (Å²) in [5, 5.41) is 3.36. The zero-order chi connectivity index (χ0) is 13.0. The van der Waals surface area contributed by atoms with Crippen molar-refractivity contribution in [1.29, 1.82) is 0 Å². The lowest BCUT2D eigenvalue weighted by atomic mass is 10.2. The standard InChI is InChI=1S/C14H19N3O/c1-10(2)6-15-7-12-8-16-14(17-9-12)13-11(3)4-5-18-13/h4-5,8-10,15H,6-7H2,1-3H3. The van der Waals surface area contributed by atoms with E-state index in [-0.39, 0.29) is 0 Å². The van der Waals surface area contributed by atoms with Crippen molar-refractivity contribution in [2.75, 3.05) is 6.54 Å². The number of hydrogen-bond donors (Lipinski definition) is 1. The van der Waals surface area contributed by atoms with Gasteiger partial charge >= 0.3 is 0 Å². The van der Waals surface area contributed by atoms with Gasteiger partial charge in [-0.15, -0.1) is 0 Å².